The summed E-state index contributed by atoms with van der Waals surface area (Å²) in [6, 6.07) is 1.75. The Kier molecular flexibility index (Phi) is 2.81. The third-order valence-corrected chi connectivity index (χ3v) is 2.49. The van der Waals surface area contributed by atoms with Gasteiger partial charge in [-0.3, -0.25) is 0 Å². The Bertz CT molecular complexity index is 297. The molecule has 1 aliphatic rings. The highest BCUT2D eigenvalue weighted by Gasteiger charge is 2.15. The largest absolute Gasteiger partial charge is 0.474 e. The van der Waals surface area contributed by atoms with Crippen LogP contribution in [0.2, 0.25) is 0 Å². The van der Waals surface area contributed by atoms with E-state index in [1.54, 1.807) is 12.3 Å². The molecule has 4 nitrogen and oxygen atoms in total. The lowest BCUT2D eigenvalue weighted by atomic mass is 9.98. The summed E-state index contributed by atoms with van der Waals surface area (Å²) in [5.74, 6) is 0.878. The fraction of sp³-hybridized carbons (Fsp3) is 0.600. The third kappa shape index (κ3) is 2.34. The molecule has 2 rings (SSSR count). The molecule has 0 unspecified atom stereocenters. The van der Waals surface area contributed by atoms with Crippen LogP contribution in [-0.4, -0.2) is 16.1 Å². The van der Waals surface area contributed by atoms with Crippen LogP contribution in [0.1, 0.15) is 32.1 Å². The van der Waals surface area contributed by atoms with E-state index in [1.165, 1.54) is 19.3 Å². The van der Waals surface area contributed by atoms with E-state index in [9.17, 15) is 0 Å². The molecule has 1 aromatic rings. The first kappa shape index (κ1) is 9.24. The van der Waals surface area contributed by atoms with E-state index in [4.69, 9.17) is 10.5 Å². The summed E-state index contributed by atoms with van der Waals surface area (Å²) in [7, 11) is 0. The van der Waals surface area contributed by atoms with Gasteiger partial charge in [0, 0.05) is 12.3 Å². The average Bonchev–Trinajstić information content (AvgIpc) is 2.19. The molecule has 4 heteroatoms. The lowest BCUT2D eigenvalue weighted by Crippen LogP contribution is -2.20. The van der Waals surface area contributed by atoms with Gasteiger partial charge in [0.1, 0.15) is 6.10 Å². The van der Waals surface area contributed by atoms with Gasteiger partial charge in [0.05, 0.1) is 0 Å². The standard InChI is InChI=1S/C10H15N3O/c11-10-12-7-6-9(13-10)14-8-4-2-1-3-5-8/h6-8H,1-5H2,(H2,11,12,13). The van der Waals surface area contributed by atoms with Crippen LogP contribution < -0.4 is 10.5 Å². The summed E-state index contributed by atoms with van der Waals surface area (Å²) < 4.78 is 5.70. The van der Waals surface area contributed by atoms with Gasteiger partial charge in [-0.05, 0) is 25.7 Å². The smallest absolute Gasteiger partial charge is 0.223 e. The molecule has 1 heterocycles. The Balaban J connectivity index is 1.95. The lowest BCUT2D eigenvalue weighted by molar-refractivity contribution is 0.148. The van der Waals surface area contributed by atoms with Crippen LogP contribution in [0.3, 0.4) is 0 Å². The van der Waals surface area contributed by atoms with Crippen molar-refractivity contribution >= 4 is 5.95 Å². The van der Waals surface area contributed by atoms with Gasteiger partial charge >= 0.3 is 0 Å². The molecule has 0 saturated heterocycles. The summed E-state index contributed by atoms with van der Waals surface area (Å²) in [6.07, 6.45) is 8.04. The summed E-state index contributed by atoms with van der Waals surface area (Å²) in [4.78, 5) is 7.83. The fourth-order valence-electron chi connectivity index (χ4n) is 1.78. The Labute approximate surface area is 83.5 Å². The number of nitrogens with two attached hydrogens (primary N) is 1. The van der Waals surface area contributed by atoms with Crippen LogP contribution in [0.5, 0.6) is 5.88 Å². The van der Waals surface area contributed by atoms with Crippen LogP contribution in [-0.2, 0) is 0 Å². The molecule has 1 aliphatic carbocycles. The van der Waals surface area contributed by atoms with Crippen molar-refractivity contribution in [3.05, 3.63) is 12.3 Å². The minimum Gasteiger partial charge on any atom is -0.474 e. The molecule has 1 saturated carbocycles. The van der Waals surface area contributed by atoms with Crippen LogP contribution in [0, 0.1) is 0 Å². The minimum atomic E-state index is 0.276. The van der Waals surface area contributed by atoms with Crippen LogP contribution in [0.4, 0.5) is 5.95 Å². The third-order valence-electron chi connectivity index (χ3n) is 2.49. The fourth-order valence-corrected chi connectivity index (χ4v) is 1.78. The van der Waals surface area contributed by atoms with Crippen molar-refractivity contribution in [2.45, 2.75) is 38.2 Å². The van der Waals surface area contributed by atoms with Gasteiger partial charge in [-0.25, -0.2) is 4.98 Å². The zero-order valence-corrected chi connectivity index (χ0v) is 8.15. The number of anilines is 1. The van der Waals surface area contributed by atoms with E-state index in [0.717, 1.165) is 12.8 Å². The number of nitrogens with zero attached hydrogens (tertiary/aromatic N) is 2. The topological polar surface area (TPSA) is 61.0 Å². The molecule has 0 amide bonds. The normalized spacial score (nSPS) is 18.0. The highest BCUT2D eigenvalue weighted by molar-refractivity contribution is 5.20. The Morgan fingerprint density at radius 3 is 2.79 bits per heavy atom. The molecule has 14 heavy (non-hydrogen) atoms. The molecule has 0 radical (unpaired) electrons. The monoisotopic (exact) mass is 193 g/mol. The summed E-state index contributed by atoms with van der Waals surface area (Å²) in [5, 5.41) is 0. The zero-order valence-electron chi connectivity index (χ0n) is 8.15. The molecule has 0 atom stereocenters. The molecule has 1 fully saturated rings. The van der Waals surface area contributed by atoms with Crippen LogP contribution in [0.25, 0.3) is 0 Å². The second-order valence-corrected chi connectivity index (χ2v) is 3.63. The predicted octanol–water partition coefficient (Wildman–Crippen LogP) is 1.77. The molecule has 0 bridgehead atoms. The maximum absolute atomic E-state index is 5.70. The quantitative estimate of drug-likeness (QED) is 0.777. The second-order valence-electron chi connectivity index (χ2n) is 3.63. The van der Waals surface area contributed by atoms with E-state index in [0.29, 0.717) is 12.0 Å². The molecule has 76 valence electrons. The number of hydrogen-bond acceptors (Lipinski definition) is 4. The van der Waals surface area contributed by atoms with E-state index in [1.807, 2.05) is 0 Å². The number of ether oxygens (including phenoxy) is 1. The number of hydrogen-bond donors (Lipinski definition) is 1. The maximum Gasteiger partial charge on any atom is 0.223 e. The van der Waals surface area contributed by atoms with Gasteiger partial charge in [-0.1, -0.05) is 6.42 Å². The van der Waals surface area contributed by atoms with E-state index in [2.05, 4.69) is 9.97 Å². The maximum atomic E-state index is 5.70. The average molecular weight is 193 g/mol. The van der Waals surface area contributed by atoms with Gasteiger partial charge in [-0.15, -0.1) is 0 Å². The molecule has 1 aromatic heterocycles. The SMILES string of the molecule is Nc1nccc(OC2CCCCC2)n1. The zero-order chi connectivity index (χ0) is 9.80. The van der Waals surface area contributed by atoms with Gasteiger partial charge < -0.3 is 10.5 Å². The second kappa shape index (κ2) is 4.26. The highest BCUT2D eigenvalue weighted by Crippen LogP contribution is 2.21. The minimum absolute atomic E-state index is 0.276. The van der Waals surface area contributed by atoms with Crippen molar-refractivity contribution in [1.29, 1.82) is 0 Å². The van der Waals surface area contributed by atoms with Crippen molar-refractivity contribution in [3.8, 4) is 5.88 Å². The molecule has 0 aromatic carbocycles. The van der Waals surface area contributed by atoms with Crippen LogP contribution >= 0.6 is 0 Å². The molecular formula is C10H15N3O. The number of nitrogen functional groups attached to an aromatic ring is 1. The van der Waals surface area contributed by atoms with Crippen molar-refractivity contribution < 1.29 is 4.74 Å². The van der Waals surface area contributed by atoms with E-state index < -0.39 is 0 Å². The Morgan fingerprint density at radius 1 is 1.29 bits per heavy atom. The number of aromatic nitrogens is 2. The predicted molar refractivity (Wildman–Crippen MR) is 53.9 cm³/mol. The van der Waals surface area contributed by atoms with Crippen molar-refractivity contribution in [2.75, 3.05) is 5.73 Å². The highest BCUT2D eigenvalue weighted by atomic mass is 16.5. The summed E-state index contributed by atoms with van der Waals surface area (Å²) in [6.45, 7) is 0. The Morgan fingerprint density at radius 2 is 2.07 bits per heavy atom. The van der Waals surface area contributed by atoms with Gasteiger partial charge in [0.15, 0.2) is 0 Å². The van der Waals surface area contributed by atoms with E-state index >= 15 is 0 Å². The van der Waals surface area contributed by atoms with Gasteiger partial charge in [-0.2, -0.15) is 4.98 Å². The van der Waals surface area contributed by atoms with Crippen molar-refractivity contribution in [3.63, 3.8) is 0 Å². The number of rotatable bonds is 2. The van der Waals surface area contributed by atoms with Crippen molar-refractivity contribution in [1.82, 2.24) is 9.97 Å². The molecular weight excluding hydrogens is 178 g/mol. The molecule has 0 aliphatic heterocycles. The Hall–Kier alpha value is -1.32. The first-order chi connectivity index (χ1) is 6.84. The van der Waals surface area contributed by atoms with E-state index in [-0.39, 0.29) is 5.95 Å². The lowest BCUT2D eigenvalue weighted by Gasteiger charge is -2.22. The first-order valence-electron chi connectivity index (χ1n) is 5.10. The van der Waals surface area contributed by atoms with Gasteiger partial charge in [0.25, 0.3) is 0 Å². The first-order valence-corrected chi connectivity index (χ1v) is 5.10. The molecule has 2 N–H and O–H groups in total. The van der Waals surface area contributed by atoms with Gasteiger partial charge in [0.2, 0.25) is 11.8 Å². The summed E-state index contributed by atoms with van der Waals surface area (Å²) in [5.41, 5.74) is 5.46. The summed E-state index contributed by atoms with van der Waals surface area (Å²) >= 11 is 0. The van der Waals surface area contributed by atoms with Crippen molar-refractivity contribution in [2.24, 2.45) is 0 Å². The van der Waals surface area contributed by atoms with Crippen LogP contribution in [0.15, 0.2) is 12.3 Å². The molecule has 0 spiro atoms.